The van der Waals surface area contributed by atoms with Gasteiger partial charge >= 0.3 is 5.97 Å². The first kappa shape index (κ1) is 34.1. The molecule has 0 aromatic carbocycles. The van der Waals surface area contributed by atoms with E-state index >= 15 is 0 Å². The molecule has 2 rings (SSSR count). The van der Waals surface area contributed by atoms with Crippen LogP contribution in [0.1, 0.15) is 114 Å². The number of unbranched alkanes of at least 4 members (excludes halogenated alkanes) is 3. The molecule has 0 bridgehead atoms. The van der Waals surface area contributed by atoms with Crippen LogP contribution in [0.3, 0.4) is 0 Å². The number of hydroxylamine groups is 2. The van der Waals surface area contributed by atoms with Gasteiger partial charge in [-0.2, -0.15) is 0 Å². The number of carbonyl (C=O) groups is 3. The van der Waals surface area contributed by atoms with Crippen LogP contribution in [-0.4, -0.2) is 81.3 Å². The van der Waals surface area contributed by atoms with Gasteiger partial charge in [-0.3, -0.25) is 19.3 Å². The molecular formula is C29H50N4O6S. The highest BCUT2D eigenvalue weighted by molar-refractivity contribution is 7.09. The Balaban J connectivity index is 2.32. The van der Waals surface area contributed by atoms with Crippen LogP contribution in [0.5, 0.6) is 0 Å². The lowest BCUT2D eigenvalue weighted by Gasteiger charge is -2.38. The van der Waals surface area contributed by atoms with Gasteiger partial charge in [0.2, 0.25) is 5.91 Å². The van der Waals surface area contributed by atoms with Crippen LogP contribution in [-0.2, 0) is 14.4 Å². The predicted molar refractivity (Wildman–Crippen MR) is 156 cm³/mol. The van der Waals surface area contributed by atoms with Crippen molar-refractivity contribution < 1.29 is 29.4 Å². The maximum Gasteiger partial charge on any atom is 0.355 e. The van der Waals surface area contributed by atoms with E-state index in [9.17, 15) is 24.6 Å². The zero-order valence-corrected chi connectivity index (χ0v) is 25.9. The number of amides is 2. The summed E-state index contributed by atoms with van der Waals surface area (Å²) in [6, 6.07) is -1.57. The number of carboxylic acid groups (broad SMARTS) is 1. The number of rotatable bonds is 17. The topological polar surface area (TPSA) is 132 Å². The van der Waals surface area contributed by atoms with Crippen molar-refractivity contribution in [2.45, 2.75) is 117 Å². The molecule has 10 nitrogen and oxygen atoms in total. The third kappa shape index (κ3) is 9.78. The van der Waals surface area contributed by atoms with Gasteiger partial charge in [-0.25, -0.2) is 14.8 Å². The van der Waals surface area contributed by atoms with E-state index in [2.05, 4.69) is 17.2 Å². The third-order valence-corrected chi connectivity index (χ3v) is 8.80. The van der Waals surface area contributed by atoms with Crippen LogP contribution in [0.15, 0.2) is 5.38 Å². The van der Waals surface area contributed by atoms with Gasteiger partial charge in [0.1, 0.15) is 17.2 Å². The van der Waals surface area contributed by atoms with E-state index in [1.165, 1.54) is 10.4 Å². The fourth-order valence-electron chi connectivity index (χ4n) is 5.00. The van der Waals surface area contributed by atoms with E-state index in [-0.39, 0.29) is 46.8 Å². The van der Waals surface area contributed by atoms with Crippen molar-refractivity contribution in [1.29, 1.82) is 0 Å². The molecule has 0 aliphatic carbocycles. The molecule has 1 saturated heterocycles. The number of likely N-dealkylation sites (N-methyl/N-ethyl adjacent to an activating group) is 1. The molecule has 1 aromatic rings. The van der Waals surface area contributed by atoms with Crippen molar-refractivity contribution >= 4 is 29.1 Å². The summed E-state index contributed by atoms with van der Waals surface area (Å²) in [7, 11) is 1.94. The molecule has 2 amide bonds. The number of aromatic carboxylic acids is 1. The molecular weight excluding hydrogens is 532 g/mol. The van der Waals surface area contributed by atoms with Crippen molar-refractivity contribution in [2.75, 3.05) is 20.2 Å². The molecule has 4 unspecified atom stereocenters. The number of hydrogen-bond acceptors (Lipinski definition) is 8. The van der Waals surface area contributed by atoms with Gasteiger partial charge in [0, 0.05) is 11.8 Å². The number of hydrogen-bond donors (Lipinski definition) is 3. The van der Waals surface area contributed by atoms with Gasteiger partial charge in [-0.05, 0) is 44.7 Å². The number of thiazole rings is 1. The zero-order valence-electron chi connectivity index (χ0n) is 25.1. The lowest BCUT2D eigenvalue weighted by molar-refractivity contribution is -0.212. The first-order valence-corrected chi connectivity index (χ1v) is 15.7. The fraction of sp³-hybridized carbons (Fsp3) is 0.793. The average Bonchev–Trinajstić information content (AvgIpc) is 3.43. The van der Waals surface area contributed by atoms with Crippen molar-refractivity contribution in [3.63, 3.8) is 0 Å². The Kier molecular flexibility index (Phi) is 14.5. The molecule has 1 aliphatic rings. The maximum absolute atomic E-state index is 14.2. The third-order valence-electron chi connectivity index (χ3n) is 7.86. The van der Waals surface area contributed by atoms with E-state index in [0.717, 1.165) is 62.8 Å². The summed E-state index contributed by atoms with van der Waals surface area (Å²) in [6.45, 7) is 11.2. The van der Waals surface area contributed by atoms with Gasteiger partial charge in [0.05, 0.1) is 18.7 Å². The molecule has 40 heavy (non-hydrogen) atoms. The van der Waals surface area contributed by atoms with E-state index in [0.29, 0.717) is 13.0 Å². The molecule has 2 heterocycles. The Labute approximate surface area is 243 Å². The Hall–Kier alpha value is -2.08. The highest BCUT2D eigenvalue weighted by atomic mass is 32.1. The predicted octanol–water partition coefficient (Wildman–Crippen LogP) is 4.65. The molecule has 0 radical (unpaired) electrons. The number of carbonyl (C=O) groups excluding carboxylic acids is 2. The summed E-state index contributed by atoms with van der Waals surface area (Å²) in [5, 5.41) is 26.4. The first-order valence-electron chi connectivity index (χ1n) is 14.8. The second-order valence-corrected chi connectivity index (χ2v) is 12.3. The van der Waals surface area contributed by atoms with Crippen LogP contribution >= 0.6 is 11.3 Å². The van der Waals surface area contributed by atoms with E-state index in [1.807, 2.05) is 39.6 Å². The average molecular weight is 583 g/mol. The summed E-state index contributed by atoms with van der Waals surface area (Å²) >= 11 is 1.08. The lowest BCUT2D eigenvalue weighted by Crippen LogP contribution is -2.58. The Morgan fingerprint density at radius 3 is 2.50 bits per heavy atom. The van der Waals surface area contributed by atoms with Gasteiger partial charge < -0.3 is 15.5 Å². The fourth-order valence-corrected chi connectivity index (χ4v) is 5.79. The Morgan fingerprint density at radius 2 is 1.93 bits per heavy atom. The lowest BCUT2D eigenvalue weighted by atomic mass is 9.93. The van der Waals surface area contributed by atoms with Crippen LogP contribution in [0.25, 0.3) is 0 Å². The molecule has 228 valence electrons. The minimum Gasteiger partial charge on any atom is -0.476 e. The van der Waals surface area contributed by atoms with Crippen LogP contribution in [0, 0.1) is 11.8 Å². The molecule has 11 heteroatoms. The Morgan fingerprint density at radius 1 is 1.20 bits per heavy atom. The maximum atomic E-state index is 14.2. The summed E-state index contributed by atoms with van der Waals surface area (Å²) in [5.74, 6) is -1.85. The number of carboxylic acids is 1. The van der Waals surface area contributed by atoms with E-state index < -0.39 is 24.2 Å². The molecule has 0 spiro atoms. The van der Waals surface area contributed by atoms with Crippen molar-refractivity contribution in [2.24, 2.45) is 11.8 Å². The van der Waals surface area contributed by atoms with E-state index in [1.54, 1.807) is 0 Å². The monoisotopic (exact) mass is 582 g/mol. The molecule has 5 atom stereocenters. The highest BCUT2D eigenvalue weighted by Gasteiger charge is 2.39. The second-order valence-electron chi connectivity index (χ2n) is 11.4. The molecule has 1 aliphatic heterocycles. The van der Waals surface area contributed by atoms with Crippen molar-refractivity contribution in [1.82, 2.24) is 20.3 Å². The number of nitrogens with one attached hydrogen (secondary N) is 1. The second kappa shape index (κ2) is 17.0. The van der Waals surface area contributed by atoms with Gasteiger partial charge in [0.15, 0.2) is 5.69 Å². The molecule has 1 fully saturated rings. The number of piperidine rings is 1. The van der Waals surface area contributed by atoms with E-state index in [4.69, 9.17) is 4.84 Å². The summed E-state index contributed by atoms with van der Waals surface area (Å²) in [5.41, 5.74) is -0.118. The minimum absolute atomic E-state index is 0.0917. The van der Waals surface area contributed by atoms with Crippen LogP contribution < -0.4 is 5.32 Å². The highest BCUT2D eigenvalue weighted by Crippen LogP contribution is 2.29. The van der Waals surface area contributed by atoms with Gasteiger partial charge in [-0.1, -0.05) is 66.7 Å². The zero-order chi connectivity index (χ0) is 29.8. The summed E-state index contributed by atoms with van der Waals surface area (Å²) in [6.07, 6.45) is 6.44. The molecule has 1 aromatic heterocycles. The first-order chi connectivity index (χ1) is 19.0. The quantitative estimate of drug-likeness (QED) is 0.179. The number of nitrogens with zero attached hydrogens (tertiary/aromatic N) is 3. The smallest absolute Gasteiger partial charge is 0.355 e. The van der Waals surface area contributed by atoms with Crippen molar-refractivity contribution in [3.8, 4) is 0 Å². The largest absolute Gasteiger partial charge is 0.476 e. The van der Waals surface area contributed by atoms with Crippen LogP contribution in [0.4, 0.5) is 0 Å². The van der Waals surface area contributed by atoms with Crippen molar-refractivity contribution in [3.05, 3.63) is 16.1 Å². The van der Waals surface area contributed by atoms with Gasteiger partial charge in [-0.15, -0.1) is 11.3 Å². The normalized spacial score (nSPS) is 19.1. The number of aliphatic hydroxyl groups is 1. The molecule has 0 saturated carbocycles. The minimum atomic E-state index is -1.15. The van der Waals surface area contributed by atoms with Gasteiger partial charge in [0.25, 0.3) is 5.91 Å². The van der Waals surface area contributed by atoms with Crippen LogP contribution in [0.2, 0.25) is 0 Å². The molecule has 3 N–H and O–H groups in total. The summed E-state index contributed by atoms with van der Waals surface area (Å²) < 4.78 is 0. The number of aromatic nitrogens is 1. The summed E-state index contributed by atoms with van der Waals surface area (Å²) in [4.78, 5) is 51.2. The number of aliphatic hydroxyl groups excluding tert-OH is 1. The SMILES string of the molecule is CCCCCCON(C(=O)C(NC(=O)[C@H]1CCCCN1C)C(C)CC)C(CC(O)c1nc(C(=O)O)cs1)C(C)C. The standard InChI is InChI=1S/C29H50N4O6S/c1-7-9-10-13-16-39-33(23(19(3)4)17-24(34)27-30-21(18-40-27)29(37)38)28(36)25(20(5)8-2)31-26(35)22-14-11-12-15-32(22)6/h18-20,22-25,34H,7-17H2,1-6H3,(H,31,35)(H,37,38)/t20?,22-,23?,24?,25?/m1/s1. The number of likely N-dealkylation sites (tertiary alicyclic amines) is 1. The Bertz CT molecular complexity index is 941.